The molecule has 2 aromatic carbocycles. The highest BCUT2D eigenvalue weighted by atomic mass is 16.5. The van der Waals surface area contributed by atoms with E-state index in [9.17, 15) is 0 Å². The normalized spacial score (nSPS) is 19.2. The summed E-state index contributed by atoms with van der Waals surface area (Å²) >= 11 is 0. The Kier molecular flexibility index (Phi) is 5.37. The zero-order valence-corrected chi connectivity index (χ0v) is 15.1. The highest BCUT2D eigenvalue weighted by Gasteiger charge is 2.23. The molecule has 0 aromatic heterocycles. The van der Waals surface area contributed by atoms with Gasteiger partial charge >= 0.3 is 0 Å². The summed E-state index contributed by atoms with van der Waals surface area (Å²) < 4.78 is 6.03. The van der Waals surface area contributed by atoms with Crippen LogP contribution in [0, 0.1) is 0 Å². The first kappa shape index (κ1) is 16.7. The molecule has 0 saturated heterocycles. The molecule has 2 heteroatoms. The molecule has 0 bridgehead atoms. The fraction of sp³-hybridized carbons (Fsp3) is 0.478. The van der Waals surface area contributed by atoms with Gasteiger partial charge in [0.1, 0.15) is 12.4 Å². The first-order valence-corrected chi connectivity index (χ1v) is 9.91. The molecule has 2 aromatic rings. The Morgan fingerprint density at radius 1 is 0.840 bits per heavy atom. The Labute approximate surface area is 151 Å². The maximum atomic E-state index is 6.03. The number of rotatable bonds is 4. The van der Waals surface area contributed by atoms with Crippen LogP contribution in [-0.2, 0) is 19.4 Å². The monoisotopic (exact) mass is 335 g/mol. The number of benzene rings is 2. The van der Waals surface area contributed by atoms with E-state index < -0.39 is 0 Å². The number of nitrogens with zero attached hydrogens (tertiary/aromatic N) is 1. The second-order valence-corrected chi connectivity index (χ2v) is 7.53. The molecule has 0 N–H and O–H groups in total. The predicted octanol–water partition coefficient (Wildman–Crippen LogP) is 5.00. The van der Waals surface area contributed by atoms with Crippen molar-refractivity contribution >= 4 is 0 Å². The van der Waals surface area contributed by atoms with E-state index in [0.29, 0.717) is 6.61 Å². The Balaban J connectivity index is 1.39. The van der Waals surface area contributed by atoms with Crippen LogP contribution < -0.4 is 4.74 Å². The molecule has 2 nitrogen and oxygen atoms in total. The fourth-order valence-corrected chi connectivity index (χ4v) is 4.36. The van der Waals surface area contributed by atoms with Crippen LogP contribution >= 0.6 is 0 Å². The van der Waals surface area contributed by atoms with Crippen molar-refractivity contribution in [2.24, 2.45) is 0 Å². The fourth-order valence-electron chi connectivity index (χ4n) is 4.36. The summed E-state index contributed by atoms with van der Waals surface area (Å²) in [6.45, 7) is 3.08. The van der Waals surface area contributed by atoms with Gasteiger partial charge in [0.25, 0.3) is 0 Å². The molecule has 1 saturated carbocycles. The average molecular weight is 335 g/mol. The maximum Gasteiger partial charge on any atom is 0.120 e. The zero-order chi connectivity index (χ0) is 16.9. The summed E-state index contributed by atoms with van der Waals surface area (Å²) in [5, 5.41) is 0. The molecule has 0 atom stereocenters. The highest BCUT2D eigenvalue weighted by molar-refractivity contribution is 5.37. The molecule has 25 heavy (non-hydrogen) atoms. The van der Waals surface area contributed by atoms with Gasteiger partial charge in [-0.15, -0.1) is 0 Å². The van der Waals surface area contributed by atoms with Crippen LogP contribution in [0.1, 0.15) is 48.8 Å². The Morgan fingerprint density at radius 3 is 2.40 bits per heavy atom. The van der Waals surface area contributed by atoms with E-state index in [1.165, 1.54) is 68.3 Å². The van der Waals surface area contributed by atoms with E-state index in [4.69, 9.17) is 4.74 Å². The van der Waals surface area contributed by atoms with Gasteiger partial charge in [0, 0.05) is 19.1 Å². The Bertz CT molecular complexity index is 676. The first-order chi connectivity index (χ1) is 12.4. The molecule has 1 aliphatic carbocycles. The van der Waals surface area contributed by atoms with E-state index in [1.54, 1.807) is 0 Å². The van der Waals surface area contributed by atoms with Crippen molar-refractivity contribution in [3.63, 3.8) is 0 Å². The van der Waals surface area contributed by atoms with Crippen molar-refractivity contribution < 1.29 is 4.74 Å². The second-order valence-electron chi connectivity index (χ2n) is 7.53. The molecule has 4 rings (SSSR count). The lowest BCUT2D eigenvalue weighted by Gasteiger charge is -2.33. The van der Waals surface area contributed by atoms with Crippen molar-refractivity contribution in [3.05, 3.63) is 65.2 Å². The minimum atomic E-state index is 0.647. The molecule has 0 radical (unpaired) electrons. The van der Waals surface area contributed by atoms with Gasteiger partial charge < -0.3 is 4.74 Å². The lowest BCUT2D eigenvalue weighted by molar-refractivity contribution is 0.163. The van der Waals surface area contributed by atoms with Gasteiger partial charge in [-0.05, 0) is 54.5 Å². The van der Waals surface area contributed by atoms with Crippen LogP contribution in [0.2, 0.25) is 0 Å². The van der Waals surface area contributed by atoms with Gasteiger partial charge in [0.15, 0.2) is 0 Å². The van der Waals surface area contributed by atoms with E-state index in [-0.39, 0.29) is 0 Å². The second kappa shape index (κ2) is 8.05. The van der Waals surface area contributed by atoms with Gasteiger partial charge in [-0.2, -0.15) is 0 Å². The third kappa shape index (κ3) is 4.24. The van der Waals surface area contributed by atoms with Crippen molar-refractivity contribution in [2.75, 3.05) is 13.1 Å². The summed E-state index contributed by atoms with van der Waals surface area (Å²) in [5.41, 5.74) is 4.23. The van der Waals surface area contributed by atoms with Crippen LogP contribution in [0.5, 0.6) is 5.75 Å². The highest BCUT2D eigenvalue weighted by Crippen LogP contribution is 2.27. The van der Waals surface area contributed by atoms with Crippen molar-refractivity contribution in [1.29, 1.82) is 0 Å². The van der Waals surface area contributed by atoms with Crippen LogP contribution in [0.4, 0.5) is 0 Å². The van der Waals surface area contributed by atoms with Crippen LogP contribution in [0.3, 0.4) is 0 Å². The largest absolute Gasteiger partial charge is 0.489 e. The summed E-state index contributed by atoms with van der Waals surface area (Å²) in [6.07, 6.45) is 9.44. The van der Waals surface area contributed by atoms with E-state index in [0.717, 1.165) is 18.2 Å². The number of hydrogen-bond acceptors (Lipinski definition) is 2. The maximum absolute atomic E-state index is 6.03. The van der Waals surface area contributed by atoms with Crippen LogP contribution in [-0.4, -0.2) is 24.0 Å². The van der Waals surface area contributed by atoms with E-state index in [2.05, 4.69) is 47.4 Å². The zero-order valence-electron chi connectivity index (χ0n) is 15.1. The van der Waals surface area contributed by atoms with Crippen molar-refractivity contribution in [1.82, 2.24) is 4.90 Å². The Morgan fingerprint density at radius 2 is 1.60 bits per heavy atom. The van der Waals surface area contributed by atoms with Gasteiger partial charge in [-0.25, -0.2) is 0 Å². The van der Waals surface area contributed by atoms with Gasteiger partial charge in [0.05, 0.1) is 0 Å². The SMILES string of the molecule is c1ccc(COc2ccc3c(c2)CCN(C2CCCCC2)CC3)cc1. The van der Waals surface area contributed by atoms with Crippen molar-refractivity contribution in [2.45, 2.75) is 57.6 Å². The average Bonchev–Trinajstić information content (AvgIpc) is 2.90. The molecule has 0 unspecified atom stereocenters. The first-order valence-electron chi connectivity index (χ1n) is 9.91. The number of hydrogen-bond donors (Lipinski definition) is 0. The van der Waals surface area contributed by atoms with Crippen molar-refractivity contribution in [3.8, 4) is 5.75 Å². The minimum absolute atomic E-state index is 0.647. The van der Waals surface area contributed by atoms with Gasteiger partial charge in [0.2, 0.25) is 0 Å². The molecule has 1 heterocycles. The lowest BCUT2D eigenvalue weighted by atomic mass is 9.94. The Hall–Kier alpha value is -1.80. The molecule has 1 fully saturated rings. The molecular formula is C23H29NO. The molecule has 0 spiro atoms. The van der Waals surface area contributed by atoms with E-state index in [1.807, 2.05) is 6.07 Å². The number of ether oxygens (including phenoxy) is 1. The molecule has 0 amide bonds. The lowest BCUT2D eigenvalue weighted by Crippen LogP contribution is -2.38. The predicted molar refractivity (Wildman–Crippen MR) is 103 cm³/mol. The standard InChI is InChI=1S/C23H29NO/c1-3-7-19(8-4-1)18-25-23-12-11-20-13-15-24(16-14-21(20)17-23)22-9-5-2-6-10-22/h1,3-4,7-8,11-12,17,22H,2,5-6,9-10,13-16,18H2. The minimum Gasteiger partial charge on any atom is -0.489 e. The van der Waals surface area contributed by atoms with Gasteiger partial charge in [-0.1, -0.05) is 55.7 Å². The quantitative estimate of drug-likeness (QED) is 0.780. The molecule has 2 aliphatic rings. The van der Waals surface area contributed by atoms with E-state index >= 15 is 0 Å². The molecule has 1 aliphatic heterocycles. The third-order valence-electron chi connectivity index (χ3n) is 5.85. The smallest absolute Gasteiger partial charge is 0.120 e. The van der Waals surface area contributed by atoms with Crippen LogP contribution in [0.15, 0.2) is 48.5 Å². The molecular weight excluding hydrogens is 306 g/mol. The summed E-state index contributed by atoms with van der Waals surface area (Å²) in [5.74, 6) is 1.01. The summed E-state index contributed by atoms with van der Waals surface area (Å²) in [6, 6.07) is 18.0. The topological polar surface area (TPSA) is 12.5 Å². The number of fused-ring (bicyclic) bond motifs is 1. The van der Waals surface area contributed by atoms with Crippen LogP contribution in [0.25, 0.3) is 0 Å². The summed E-state index contributed by atoms with van der Waals surface area (Å²) in [7, 11) is 0. The third-order valence-corrected chi connectivity index (χ3v) is 5.85. The summed E-state index contributed by atoms with van der Waals surface area (Å²) in [4.78, 5) is 2.75. The van der Waals surface area contributed by atoms with Gasteiger partial charge in [-0.3, -0.25) is 4.90 Å². The molecule has 132 valence electrons.